The highest BCUT2D eigenvalue weighted by atomic mass is 19.1. The first-order valence-electron chi connectivity index (χ1n) is 5.09. The van der Waals surface area contributed by atoms with Gasteiger partial charge in [0.25, 0.3) is 5.88 Å². The fraction of sp³-hybridized carbons (Fsp3) is 0.167. The minimum absolute atomic E-state index is 0.305. The maximum Gasteiger partial charge on any atom is 0.257 e. The molecule has 0 bridgehead atoms. The molecule has 0 fully saturated rings. The lowest BCUT2D eigenvalue weighted by molar-refractivity contribution is 0.398. The summed E-state index contributed by atoms with van der Waals surface area (Å²) in [6.07, 6.45) is 1.57. The highest BCUT2D eigenvalue weighted by Gasteiger charge is 2.08. The number of halogens is 1. The average molecular weight is 233 g/mol. The Labute approximate surface area is 98.5 Å². The lowest BCUT2D eigenvalue weighted by Gasteiger charge is -2.07. The van der Waals surface area contributed by atoms with Gasteiger partial charge in [0.15, 0.2) is 5.82 Å². The van der Waals surface area contributed by atoms with Crippen LogP contribution in [0.25, 0.3) is 11.3 Å². The first-order chi connectivity index (χ1) is 8.24. The van der Waals surface area contributed by atoms with Crippen LogP contribution in [0.1, 0.15) is 0 Å². The van der Waals surface area contributed by atoms with Crippen molar-refractivity contribution < 1.29 is 9.13 Å². The fourth-order valence-corrected chi connectivity index (χ4v) is 1.47. The van der Waals surface area contributed by atoms with E-state index in [1.165, 1.54) is 19.2 Å². The molecule has 1 aromatic heterocycles. The van der Waals surface area contributed by atoms with E-state index in [-0.39, 0.29) is 5.82 Å². The number of nitrogens with one attached hydrogen (secondary N) is 1. The summed E-state index contributed by atoms with van der Waals surface area (Å²) in [4.78, 5) is 8.41. The molecular weight excluding hydrogens is 221 g/mol. The van der Waals surface area contributed by atoms with E-state index in [1.54, 1.807) is 25.4 Å². The van der Waals surface area contributed by atoms with Gasteiger partial charge in [-0.05, 0) is 12.1 Å². The molecule has 0 saturated carbocycles. The number of ether oxygens (including phenoxy) is 1. The molecule has 0 radical (unpaired) electrons. The van der Waals surface area contributed by atoms with Crippen molar-refractivity contribution in [2.45, 2.75) is 0 Å². The van der Waals surface area contributed by atoms with Crippen LogP contribution in [0.4, 0.5) is 10.2 Å². The highest BCUT2D eigenvalue weighted by molar-refractivity contribution is 5.61. The first kappa shape index (κ1) is 11.3. The maximum absolute atomic E-state index is 13.1. The molecule has 1 aromatic carbocycles. The molecule has 1 N–H and O–H groups in total. The second kappa shape index (κ2) is 4.78. The van der Waals surface area contributed by atoms with Gasteiger partial charge in [-0.3, -0.25) is 0 Å². The van der Waals surface area contributed by atoms with Crippen molar-refractivity contribution in [3.05, 3.63) is 36.3 Å². The monoisotopic (exact) mass is 233 g/mol. The third-order valence-corrected chi connectivity index (χ3v) is 2.29. The second-order valence-electron chi connectivity index (χ2n) is 3.37. The largest absolute Gasteiger partial charge is 0.478 e. The molecule has 1 heterocycles. The van der Waals surface area contributed by atoms with Crippen LogP contribution in [-0.2, 0) is 0 Å². The highest BCUT2D eigenvalue weighted by Crippen LogP contribution is 2.24. The van der Waals surface area contributed by atoms with E-state index in [0.717, 1.165) is 0 Å². The van der Waals surface area contributed by atoms with E-state index < -0.39 is 0 Å². The molecular formula is C12H12FN3O. The summed E-state index contributed by atoms with van der Waals surface area (Å²) in [5.74, 6) is 0.628. The van der Waals surface area contributed by atoms with Crippen LogP contribution in [0.3, 0.4) is 0 Å². The summed E-state index contributed by atoms with van der Waals surface area (Å²) in [7, 11) is 3.24. The number of methoxy groups -OCH3 is 1. The van der Waals surface area contributed by atoms with E-state index in [2.05, 4.69) is 15.3 Å². The third-order valence-electron chi connectivity index (χ3n) is 2.29. The smallest absolute Gasteiger partial charge is 0.257 e. The molecule has 0 aliphatic heterocycles. The zero-order valence-electron chi connectivity index (χ0n) is 9.57. The van der Waals surface area contributed by atoms with Crippen LogP contribution >= 0.6 is 0 Å². The maximum atomic E-state index is 13.1. The van der Waals surface area contributed by atoms with Gasteiger partial charge < -0.3 is 10.1 Å². The summed E-state index contributed by atoms with van der Waals surface area (Å²) in [6.45, 7) is 0. The van der Waals surface area contributed by atoms with Crippen LogP contribution in [-0.4, -0.2) is 24.1 Å². The molecule has 2 rings (SSSR count). The zero-order valence-corrected chi connectivity index (χ0v) is 9.57. The minimum Gasteiger partial charge on any atom is -0.478 e. The van der Waals surface area contributed by atoms with Crippen LogP contribution in [0.5, 0.6) is 5.88 Å². The van der Waals surface area contributed by atoms with Gasteiger partial charge >= 0.3 is 0 Å². The van der Waals surface area contributed by atoms with Gasteiger partial charge in [-0.2, -0.15) is 0 Å². The Morgan fingerprint density at radius 3 is 2.82 bits per heavy atom. The molecule has 0 aliphatic rings. The van der Waals surface area contributed by atoms with E-state index in [4.69, 9.17) is 4.74 Å². The molecule has 4 nitrogen and oxygen atoms in total. The van der Waals surface area contributed by atoms with Crippen LogP contribution in [0.2, 0.25) is 0 Å². The molecule has 0 unspecified atom stereocenters. The standard InChI is InChI=1S/C12H12FN3O/c1-14-11-12(17-2)16-10(7-15-11)8-4-3-5-9(13)6-8/h3-7H,1-2H3,(H,14,15). The first-order valence-corrected chi connectivity index (χ1v) is 5.09. The fourth-order valence-electron chi connectivity index (χ4n) is 1.47. The summed E-state index contributed by atoms with van der Waals surface area (Å²) in [6, 6.07) is 6.19. The summed E-state index contributed by atoms with van der Waals surface area (Å²) < 4.78 is 18.2. The summed E-state index contributed by atoms with van der Waals surface area (Å²) >= 11 is 0. The van der Waals surface area contributed by atoms with Gasteiger partial charge in [0.05, 0.1) is 19.0 Å². The van der Waals surface area contributed by atoms with Gasteiger partial charge in [-0.1, -0.05) is 12.1 Å². The van der Waals surface area contributed by atoms with Gasteiger partial charge in [-0.25, -0.2) is 14.4 Å². The summed E-state index contributed by atoms with van der Waals surface area (Å²) in [5, 5.41) is 2.86. The van der Waals surface area contributed by atoms with E-state index in [0.29, 0.717) is 23.0 Å². The van der Waals surface area contributed by atoms with Crippen molar-refractivity contribution in [2.75, 3.05) is 19.5 Å². The Balaban J connectivity index is 2.46. The number of rotatable bonds is 3. The molecule has 5 heteroatoms. The molecule has 0 atom stereocenters. The quantitative estimate of drug-likeness (QED) is 0.883. The van der Waals surface area contributed by atoms with Gasteiger partial charge in [0.2, 0.25) is 0 Å². The number of benzene rings is 1. The van der Waals surface area contributed by atoms with Crippen LogP contribution < -0.4 is 10.1 Å². The Kier molecular flexibility index (Phi) is 3.18. The van der Waals surface area contributed by atoms with Gasteiger partial charge in [0, 0.05) is 12.6 Å². The van der Waals surface area contributed by atoms with E-state index in [1.807, 2.05) is 0 Å². The van der Waals surface area contributed by atoms with Crippen molar-refractivity contribution in [3.63, 3.8) is 0 Å². The Bertz CT molecular complexity index is 531. The summed E-state index contributed by atoms with van der Waals surface area (Å²) in [5.41, 5.74) is 1.24. The lowest BCUT2D eigenvalue weighted by atomic mass is 10.1. The van der Waals surface area contributed by atoms with Crippen molar-refractivity contribution in [1.82, 2.24) is 9.97 Å². The predicted molar refractivity (Wildman–Crippen MR) is 63.5 cm³/mol. The molecule has 0 spiro atoms. The van der Waals surface area contributed by atoms with E-state index in [9.17, 15) is 4.39 Å². The van der Waals surface area contributed by atoms with Crippen molar-refractivity contribution in [2.24, 2.45) is 0 Å². The number of aromatic nitrogens is 2. The molecule has 0 amide bonds. The molecule has 17 heavy (non-hydrogen) atoms. The van der Waals surface area contributed by atoms with E-state index >= 15 is 0 Å². The number of hydrogen-bond acceptors (Lipinski definition) is 4. The Hall–Kier alpha value is -2.17. The van der Waals surface area contributed by atoms with Crippen molar-refractivity contribution in [1.29, 1.82) is 0 Å². The molecule has 2 aromatic rings. The minimum atomic E-state index is -0.305. The normalized spacial score (nSPS) is 10.1. The third kappa shape index (κ3) is 2.33. The lowest BCUT2D eigenvalue weighted by Crippen LogP contribution is -2.00. The second-order valence-corrected chi connectivity index (χ2v) is 3.37. The molecule has 0 saturated heterocycles. The Morgan fingerprint density at radius 1 is 1.35 bits per heavy atom. The zero-order chi connectivity index (χ0) is 12.3. The molecule has 0 aliphatic carbocycles. The van der Waals surface area contributed by atoms with Crippen LogP contribution in [0.15, 0.2) is 30.5 Å². The SMILES string of the molecule is CNc1ncc(-c2cccc(F)c2)nc1OC. The predicted octanol–water partition coefficient (Wildman–Crippen LogP) is 2.33. The number of nitrogens with zero attached hydrogens (tertiary/aromatic N) is 2. The molecule has 88 valence electrons. The number of anilines is 1. The van der Waals surface area contributed by atoms with Crippen molar-refractivity contribution >= 4 is 5.82 Å². The van der Waals surface area contributed by atoms with Gasteiger partial charge in [-0.15, -0.1) is 0 Å². The Morgan fingerprint density at radius 2 is 2.18 bits per heavy atom. The van der Waals surface area contributed by atoms with Crippen LogP contribution in [0, 0.1) is 5.82 Å². The topological polar surface area (TPSA) is 47.0 Å². The van der Waals surface area contributed by atoms with Gasteiger partial charge in [0.1, 0.15) is 5.82 Å². The number of hydrogen-bond donors (Lipinski definition) is 1. The average Bonchev–Trinajstić information content (AvgIpc) is 2.38. The van der Waals surface area contributed by atoms with Crippen molar-refractivity contribution in [3.8, 4) is 17.1 Å².